The Balaban J connectivity index is 1.43. The number of carbonyl (C=O) groups excluding carboxylic acids is 1. The topological polar surface area (TPSA) is 76.6 Å². The van der Waals surface area contributed by atoms with E-state index < -0.39 is 6.09 Å². The van der Waals surface area contributed by atoms with Gasteiger partial charge in [0.05, 0.1) is 41.9 Å². The first-order chi connectivity index (χ1) is 12.8. The van der Waals surface area contributed by atoms with E-state index in [1.165, 1.54) is 0 Å². The van der Waals surface area contributed by atoms with E-state index in [-0.39, 0.29) is 6.10 Å². The van der Waals surface area contributed by atoms with Crippen molar-refractivity contribution in [3.63, 3.8) is 0 Å². The van der Waals surface area contributed by atoms with Gasteiger partial charge in [0.25, 0.3) is 0 Å². The molecule has 0 spiro atoms. The monoisotopic (exact) mass is 370 g/mol. The van der Waals surface area contributed by atoms with E-state index in [4.69, 9.17) is 9.47 Å². The molecule has 0 unspecified atom stereocenters. The number of pyridine rings is 1. The number of nitrogens with zero attached hydrogens (tertiary/aromatic N) is 3. The first-order valence-electron chi connectivity index (χ1n) is 8.34. The summed E-state index contributed by atoms with van der Waals surface area (Å²) in [4.78, 5) is 22.9. The molecule has 1 aromatic carbocycles. The van der Waals surface area contributed by atoms with Crippen LogP contribution in [0.5, 0.6) is 0 Å². The molecular formula is C18H18N4O3S. The molecule has 0 bridgehead atoms. The van der Waals surface area contributed by atoms with Crippen molar-refractivity contribution in [3.05, 3.63) is 48.8 Å². The van der Waals surface area contributed by atoms with Crippen LogP contribution in [-0.2, 0) is 9.47 Å². The number of hydrogen-bond acceptors (Lipinski definition) is 7. The fourth-order valence-corrected chi connectivity index (χ4v) is 3.76. The Morgan fingerprint density at radius 1 is 1.31 bits per heavy atom. The third kappa shape index (κ3) is 3.92. The van der Waals surface area contributed by atoms with Gasteiger partial charge >= 0.3 is 6.09 Å². The van der Waals surface area contributed by atoms with Crippen molar-refractivity contribution in [1.29, 1.82) is 0 Å². The standard InChI is InChI=1S/C18H18N4O3S/c23-18(20-13-4-3-7-19-10-13)25-14-11-22(8-9-24-12-14)17-21-15-5-1-2-6-16(15)26-17/h1-7,10,14H,8-9,11-12H2,(H,20,23)/t14-/m1/s1. The van der Waals surface area contributed by atoms with Gasteiger partial charge in [-0.15, -0.1) is 0 Å². The van der Waals surface area contributed by atoms with E-state index in [2.05, 4.69) is 26.3 Å². The maximum atomic E-state index is 12.1. The lowest BCUT2D eigenvalue weighted by molar-refractivity contribution is 0.0444. The fraction of sp³-hybridized carbons (Fsp3) is 0.278. The Morgan fingerprint density at radius 2 is 2.23 bits per heavy atom. The summed E-state index contributed by atoms with van der Waals surface area (Å²) >= 11 is 1.63. The largest absolute Gasteiger partial charge is 0.442 e. The van der Waals surface area contributed by atoms with Gasteiger partial charge in [0.2, 0.25) is 0 Å². The number of benzene rings is 1. The van der Waals surface area contributed by atoms with E-state index in [0.717, 1.165) is 15.3 Å². The zero-order chi connectivity index (χ0) is 17.8. The fourth-order valence-electron chi connectivity index (χ4n) is 2.76. The number of thiazole rings is 1. The molecule has 1 atom stereocenters. The quantitative estimate of drug-likeness (QED) is 0.763. The molecule has 8 heteroatoms. The van der Waals surface area contributed by atoms with Crippen LogP contribution in [0.3, 0.4) is 0 Å². The first kappa shape index (κ1) is 16.7. The van der Waals surface area contributed by atoms with Crippen molar-refractivity contribution in [2.45, 2.75) is 6.10 Å². The molecule has 2 aromatic heterocycles. The Bertz CT molecular complexity index is 853. The van der Waals surface area contributed by atoms with E-state index >= 15 is 0 Å². The summed E-state index contributed by atoms with van der Waals surface area (Å²) in [6, 6.07) is 11.5. The Labute approximate surface area is 154 Å². The van der Waals surface area contributed by atoms with Gasteiger partial charge in [-0.3, -0.25) is 10.3 Å². The molecule has 26 heavy (non-hydrogen) atoms. The van der Waals surface area contributed by atoms with Crippen molar-refractivity contribution >= 4 is 38.5 Å². The number of amides is 1. The normalized spacial score (nSPS) is 17.7. The molecular weight excluding hydrogens is 352 g/mol. The van der Waals surface area contributed by atoms with Crippen LogP contribution in [0.15, 0.2) is 48.8 Å². The molecule has 0 saturated carbocycles. The predicted molar refractivity (Wildman–Crippen MR) is 101 cm³/mol. The van der Waals surface area contributed by atoms with Gasteiger partial charge in [-0.25, -0.2) is 9.78 Å². The van der Waals surface area contributed by atoms with Gasteiger partial charge in [-0.2, -0.15) is 0 Å². The molecule has 3 heterocycles. The van der Waals surface area contributed by atoms with Crippen LogP contribution < -0.4 is 10.2 Å². The van der Waals surface area contributed by atoms with E-state index in [0.29, 0.717) is 32.0 Å². The van der Waals surface area contributed by atoms with Crippen molar-refractivity contribution in [2.75, 3.05) is 36.5 Å². The summed E-state index contributed by atoms with van der Waals surface area (Å²) in [7, 11) is 0. The van der Waals surface area contributed by atoms with Crippen LogP contribution in [0.2, 0.25) is 0 Å². The highest BCUT2D eigenvalue weighted by Crippen LogP contribution is 2.29. The second kappa shape index (κ2) is 7.67. The van der Waals surface area contributed by atoms with Crippen molar-refractivity contribution in [2.24, 2.45) is 0 Å². The highest BCUT2D eigenvalue weighted by Gasteiger charge is 2.24. The number of fused-ring (bicyclic) bond motifs is 1. The lowest BCUT2D eigenvalue weighted by Crippen LogP contribution is -2.36. The molecule has 1 saturated heterocycles. The Hall–Kier alpha value is -2.71. The summed E-state index contributed by atoms with van der Waals surface area (Å²) in [5, 5.41) is 3.59. The number of nitrogens with one attached hydrogen (secondary N) is 1. The van der Waals surface area contributed by atoms with E-state index in [9.17, 15) is 4.79 Å². The van der Waals surface area contributed by atoms with Crippen molar-refractivity contribution in [3.8, 4) is 0 Å². The molecule has 0 aliphatic carbocycles. The first-order valence-corrected chi connectivity index (χ1v) is 9.15. The third-order valence-electron chi connectivity index (χ3n) is 3.97. The average Bonchev–Trinajstić information content (AvgIpc) is 2.95. The smallest absolute Gasteiger partial charge is 0.412 e. The number of aromatic nitrogens is 2. The van der Waals surface area contributed by atoms with Crippen LogP contribution in [-0.4, -0.2) is 48.5 Å². The Kier molecular flexibility index (Phi) is 4.94. The molecule has 1 fully saturated rings. The van der Waals surface area contributed by atoms with Gasteiger partial charge in [0.1, 0.15) is 6.10 Å². The van der Waals surface area contributed by atoms with Crippen LogP contribution in [0.4, 0.5) is 15.6 Å². The Morgan fingerprint density at radius 3 is 3.08 bits per heavy atom. The van der Waals surface area contributed by atoms with E-state index in [1.807, 2.05) is 18.2 Å². The second-order valence-electron chi connectivity index (χ2n) is 5.88. The molecule has 1 N–H and O–H groups in total. The maximum absolute atomic E-state index is 12.1. The number of ether oxygens (including phenoxy) is 2. The van der Waals surface area contributed by atoms with Crippen LogP contribution in [0.25, 0.3) is 10.2 Å². The highest BCUT2D eigenvalue weighted by molar-refractivity contribution is 7.22. The second-order valence-corrected chi connectivity index (χ2v) is 6.89. The molecule has 4 rings (SSSR count). The molecule has 3 aromatic rings. The number of para-hydroxylation sites is 1. The van der Waals surface area contributed by atoms with Crippen molar-refractivity contribution in [1.82, 2.24) is 9.97 Å². The minimum absolute atomic E-state index is 0.363. The maximum Gasteiger partial charge on any atom is 0.412 e. The number of anilines is 2. The van der Waals surface area contributed by atoms with Gasteiger partial charge in [-0.1, -0.05) is 23.5 Å². The average molecular weight is 370 g/mol. The molecule has 134 valence electrons. The number of hydrogen-bond donors (Lipinski definition) is 1. The number of carbonyl (C=O) groups is 1. The lowest BCUT2D eigenvalue weighted by atomic mass is 10.3. The summed E-state index contributed by atoms with van der Waals surface area (Å²) < 4.78 is 12.3. The summed E-state index contributed by atoms with van der Waals surface area (Å²) in [6.45, 7) is 2.19. The molecule has 1 aliphatic heterocycles. The molecule has 1 amide bonds. The van der Waals surface area contributed by atoms with Gasteiger partial charge < -0.3 is 14.4 Å². The molecule has 0 radical (unpaired) electrons. The predicted octanol–water partition coefficient (Wildman–Crippen LogP) is 3.15. The SMILES string of the molecule is O=C(Nc1cccnc1)O[C@H]1COCCN(c2nc3ccccc3s2)C1. The number of rotatable bonds is 3. The van der Waals surface area contributed by atoms with Crippen LogP contribution in [0.1, 0.15) is 0 Å². The zero-order valence-electron chi connectivity index (χ0n) is 14.0. The van der Waals surface area contributed by atoms with Crippen LogP contribution in [0, 0.1) is 0 Å². The van der Waals surface area contributed by atoms with Gasteiger partial charge in [-0.05, 0) is 24.3 Å². The summed E-state index contributed by atoms with van der Waals surface area (Å²) in [6.07, 6.45) is 2.32. The molecule has 7 nitrogen and oxygen atoms in total. The highest BCUT2D eigenvalue weighted by atomic mass is 32.1. The minimum Gasteiger partial charge on any atom is -0.442 e. The minimum atomic E-state index is -0.516. The summed E-state index contributed by atoms with van der Waals surface area (Å²) in [5.41, 5.74) is 1.57. The van der Waals surface area contributed by atoms with Gasteiger partial charge in [0, 0.05) is 12.7 Å². The van der Waals surface area contributed by atoms with Crippen LogP contribution >= 0.6 is 11.3 Å². The van der Waals surface area contributed by atoms with Crippen molar-refractivity contribution < 1.29 is 14.3 Å². The summed E-state index contributed by atoms with van der Waals surface area (Å²) in [5.74, 6) is 0. The lowest BCUT2D eigenvalue weighted by Gasteiger charge is -2.22. The third-order valence-corrected chi connectivity index (χ3v) is 5.07. The van der Waals surface area contributed by atoms with E-state index in [1.54, 1.807) is 35.9 Å². The zero-order valence-corrected chi connectivity index (χ0v) is 14.8. The van der Waals surface area contributed by atoms with Gasteiger partial charge in [0.15, 0.2) is 5.13 Å². The molecule has 1 aliphatic rings.